The van der Waals surface area contributed by atoms with Crippen molar-refractivity contribution in [1.82, 2.24) is 9.88 Å². The van der Waals surface area contributed by atoms with Gasteiger partial charge in [-0.1, -0.05) is 0 Å². The number of halogens is 1. The van der Waals surface area contributed by atoms with Crippen LogP contribution in [0.15, 0.2) is 18.3 Å². The lowest BCUT2D eigenvalue weighted by atomic mass is 9.97. The van der Waals surface area contributed by atoms with Crippen molar-refractivity contribution in [3.05, 3.63) is 24.1 Å². The number of morpholine rings is 1. The molecule has 2 saturated heterocycles. The highest BCUT2D eigenvalue weighted by Crippen LogP contribution is 2.34. The molecular formula is C18H23FN2O4. The summed E-state index contributed by atoms with van der Waals surface area (Å²) in [6.07, 6.45) is 4.10. The zero-order chi connectivity index (χ0) is 17.2. The first-order valence-corrected chi connectivity index (χ1v) is 9.01. The highest BCUT2D eigenvalue weighted by atomic mass is 19.1. The van der Waals surface area contributed by atoms with E-state index in [9.17, 15) is 9.18 Å². The van der Waals surface area contributed by atoms with Crippen LogP contribution in [0.4, 0.5) is 4.39 Å². The fourth-order valence-corrected chi connectivity index (χ4v) is 4.10. The number of fused-ring (bicyclic) bond motifs is 1. The van der Waals surface area contributed by atoms with Crippen molar-refractivity contribution in [2.24, 2.45) is 5.92 Å². The van der Waals surface area contributed by atoms with Crippen molar-refractivity contribution in [2.45, 2.75) is 43.9 Å². The number of hydrogen-bond acceptors (Lipinski definition) is 5. The van der Waals surface area contributed by atoms with E-state index in [-0.39, 0.29) is 36.0 Å². The summed E-state index contributed by atoms with van der Waals surface area (Å²) in [6, 6.07) is 2.86. The predicted octanol–water partition coefficient (Wildman–Crippen LogP) is 1.78. The summed E-state index contributed by atoms with van der Waals surface area (Å²) in [5.41, 5.74) is 0. The Morgan fingerprint density at radius 2 is 2.08 bits per heavy atom. The maximum absolute atomic E-state index is 13.8. The molecule has 0 aromatic carbocycles. The fourth-order valence-electron chi connectivity index (χ4n) is 4.10. The zero-order valence-electron chi connectivity index (χ0n) is 14.1. The molecule has 1 aliphatic carbocycles. The standard InChI is InChI=1S/C18H23FN2O4/c19-13-2-1-7-20-17(13)25-15-4-3-14-16(15)24-11-8-21(14)18(22)12-5-9-23-10-6-12/h1-2,7,12,14-16H,3-6,8-11H2/t14-,15+,16+/m0/s1. The number of amides is 1. The summed E-state index contributed by atoms with van der Waals surface area (Å²) in [5.74, 6) is -0.228. The Balaban J connectivity index is 1.45. The normalized spacial score (nSPS) is 30.1. The van der Waals surface area contributed by atoms with Gasteiger partial charge in [-0.05, 0) is 37.8 Å². The Morgan fingerprint density at radius 1 is 1.24 bits per heavy atom. The van der Waals surface area contributed by atoms with Crippen LogP contribution in [0.25, 0.3) is 0 Å². The first-order valence-electron chi connectivity index (χ1n) is 9.01. The Kier molecular flexibility index (Phi) is 4.85. The van der Waals surface area contributed by atoms with Gasteiger partial charge in [-0.3, -0.25) is 4.79 Å². The molecule has 0 spiro atoms. The Hall–Kier alpha value is -1.73. The molecule has 25 heavy (non-hydrogen) atoms. The number of carbonyl (C=O) groups excluding carboxylic acids is 1. The van der Waals surface area contributed by atoms with Crippen LogP contribution in [-0.4, -0.2) is 60.4 Å². The van der Waals surface area contributed by atoms with Gasteiger partial charge in [0.2, 0.25) is 5.91 Å². The van der Waals surface area contributed by atoms with Crippen LogP contribution in [0.3, 0.4) is 0 Å². The summed E-state index contributed by atoms with van der Waals surface area (Å²) in [5, 5.41) is 0. The molecule has 3 atom stereocenters. The molecule has 1 aromatic heterocycles. The highest BCUT2D eigenvalue weighted by molar-refractivity contribution is 5.79. The molecule has 7 heteroatoms. The quantitative estimate of drug-likeness (QED) is 0.832. The Morgan fingerprint density at radius 3 is 2.88 bits per heavy atom. The number of rotatable bonds is 3. The van der Waals surface area contributed by atoms with Gasteiger partial charge in [0, 0.05) is 31.9 Å². The average Bonchev–Trinajstić information content (AvgIpc) is 3.07. The fraction of sp³-hybridized carbons (Fsp3) is 0.667. The van der Waals surface area contributed by atoms with Gasteiger partial charge in [0.15, 0.2) is 5.82 Å². The SMILES string of the molecule is O=C(C1CCOCC1)N1CCO[C@H]2[C@H](Oc3ncccc3F)CC[C@@H]21. The van der Waals surface area contributed by atoms with Gasteiger partial charge < -0.3 is 19.1 Å². The Bertz CT molecular complexity index is 623. The van der Waals surface area contributed by atoms with Crippen LogP contribution < -0.4 is 4.74 Å². The number of carbonyl (C=O) groups is 1. The first kappa shape index (κ1) is 16.7. The third-order valence-electron chi connectivity index (χ3n) is 5.38. The number of aromatic nitrogens is 1. The lowest BCUT2D eigenvalue weighted by molar-refractivity contribution is -0.154. The van der Waals surface area contributed by atoms with E-state index in [1.165, 1.54) is 18.3 Å². The van der Waals surface area contributed by atoms with Crippen LogP contribution in [0.1, 0.15) is 25.7 Å². The van der Waals surface area contributed by atoms with E-state index in [2.05, 4.69) is 4.98 Å². The Labute approximate surface area is 146 Å². The predicted molar refractivity (Wildman–Crippen MR) is 86.6 cm³/mol. The molecule has 1 saturated carbocycles. The summed E-state index contributed by atoms with van der Waals surface area (Å²) in [4.78, 5) is 18.8. The summed E-state index contributed by atoms with van der Waals surface area (Å²) < 4.78 is 30.9. The summed E-state index contributed by atoms with van der Waals surface area (Å²) in [6.45, 7) is 2.40. The van der Waals surface area contributed by atoms with Gasteiger partial charge in [-0.25, -0.2) is 9.37 Å². The maximum Gasteiger partial charge on any atom is 0.250 e. The minimum absolute atomic E-state index is 0.000804. The van der Waals surface area contributed by atoms with E-state index in [1.807, 2.05) is 4.90 Å². The lowest BCUT2D eigenvalue weighted by Gasteiger charge is -2.41. The van der Waals surface area contributed by atoms with E-state index in [0.29, 0.717) is 26.4 Å². The minimum Gasteiger partial charge on any atom is -0.469 e. The van der Waals surface area contributed by atoms with Crippen LogP contribution in [0.2, 0.25) is 0 Å². The highest BCUT2D eigenvalue weighted by Gasteiger charge is 2.47. The third-order valence-corrected chi connectivity index (χ3v) is 5.38. The van der Waals surface area contributed by atoms with Crippen LogP contribution in [0, 0.1) is 11.7 Å². The third kappa shape index (κ3) is 3.35. The van der Waals surface area contributed by atoms with Crippen molar-refractivity contribution in [1.29, 1.82) is 0 Å². The van der Waals surface area contributed by atoms with E-state index < -0.39 is 5.82 Å². The molecule has 2 aliphatic heterocycles. The van der Waals surface area contributed by atoms with Gasteiger partial charge in [-0.2, -0.15) is 0 Å². The van der Waals surface area contributed by atoms with Crippen LogP contribution >= 0.6 is 0 Å². The molecule has 6 nitrogen and oxygen atoms in total. The van der Waals surface area contributed by atoms with Crippen molar-refractivity contribution >= 4 is 5.91 Å². The minimum atomic E-state index is -0.475. The van der Waals surface area contributed by atoms with Crippen molar-refractivity contribution < 1.29 is 23.4 Å². The van der Waals surface area contributed by atoms with E-state index in [1.54, 1.807) is 0 Å². The molecule has 0 N–H and O–H groups in total. The average molecular weight is 350 g/mol. The molecule has 3 heterocycles. The molecule has 0 unspecified atom stereocenters. The topological polar surface area (TPSA) is 60.9 Å². The number of pyridine rings is 1. The summed E-state index contributed by atoms with van der Waals surface area (Å²) >= 11 is 0. The van der Waals surface area contributed by atoms with E-state index in [4.69, 9.17) is 14.2 Å². The van der Waals surface area contributed by atoms with Gasteiger partial charge in [0.05, 0.1) is 12.6 Å². The van der Waals surface area contributed by atoms with Gasteiger partial charge in [0.25, 0.3) is 5.88 Å². The largest absolute Gasteiger partial charge is 0.469 e. The second-order valence-electron chi connectivity index (χ2n) is 6.85. The van der Waals surface area contributed by atoms with Gasteiger partial charge >= 0.3 is 0 Å². The smallest absolute Gasteiger partial charge is 0.250 e. The molecule has 136 valence electrons. The molecule has 0 bridgehead atoms. The molecule has 3 fully saturated rings. The molecule has 4 rings (SSSR count). The summed E-state index contributed by atoms with van der Waals surface area (Å²) in [7, 11) is 0. The van der Waals surface area contributed by atoms with Gasteiger partial charge in [-0.15, -0.1) is 0 Å². The maximum atomic E-state index is 13.8. The monoisotopic (exact) mass is 350 g/mol. The van der Waals surface area contributed by atoms with Crippen molar-refractivity contribution in [3.8, 4) is 5.88 Å². The first-order chi connectivity index (χ1) is 12.2. The second kappa shape index (κ2) is 7.25. The lowest BCUT2D eigenvalue weighted by Crippen LogP contribution is -2.56. The molecule has 1 aromatic rings. The van der Waals surface area contributed by atoms with Crippen LogP contribution in [-0.2, 0) is 14.3 Å². The molecular weight excluding hydrogens is 327 g/mol. The molecule has 3 aliphatic rings. The van der Waals surface area contributed by atoms with E-state index in [0.717, 1.165) is 25.7 Å². The number of ether oxygens (including phenoxy) is 3. The van der Waals surface area contributed by atoms with Crippen molar-refractivity contribution in [2.75, 3.05) is 26.4 Å². The number of hydrogen-bond donors (Lipinski definition) is 0. The van der Waals surface area contributed by atoms with Crippen molar-refractivity contribution in [3.63, 3.8) is 0 Å². The molecule has 0 radical (unpaired) electrons. The van der Waals surface area contributed by atoms with E-state index >= 15 is 0 Å². The van der Waals surface area contributed by atoms with Gasteiger partial charge in [0.1, 0.15) is 12.2 Å². The number of nitrogens with zero attached hydrogens (tertiary/aromatic N) is 2. The zero-order valence-corrected chi connectivity index (χ0v) is 14.1. The second-order valence-corrected chi connectivity index (χ2v) is 6.85. The van der Waals surface area contributed by atoms with Crippen LogP contribution in [0.5, 0.6) is 5.88 Å². The molecule has 1 amide bonds.